The van der Waals surface area contributed by atoms with E-state index in [1.54, 1.807) is 13.3 Å². The lowest BCUT2D eigenvalue weighted by Crippen LogP contribution is -2.08. The maximum absolute atomic E-state index is 6.68. The maximum Gasteiger partial charge on any atom is 0.0959 e. The predicted octanol–water partition coefficient (Wildman–Crippen LogP) is 0.0131. The van der Waals surface area contributed by atoms with E-state index in [4.69, 9.17) is 11.1 Å². The maximum atomic E-state index is 6.68. The normalized spacial score (nSPS) is 9.86. The smallest absolute Gasteiger partial charge is 0.0959 e. The van der Waals surface area contributed by atoms with Crippen molar-refractivity contribution >= 4 is 12.1 Å². The molecule has 0 aliphatic heterocycles. The van der Waals surface area contributed by atoms with Gasteiger partial charge in [-0.25, -0.2) is 0 Å². The Hall–Kier alpha value is -0.860. The van der Waals surface area contributed by atoms with Crippen LogP contribution in [-0.4, -0.2) is 19.1 Å². The van der Waals surface area contributed by atoms with Gasteiger partial charge in [-0.05, 0) is 0 Å². The van der Waals surface area contributed by atoms with Crippen LogP contribution in [0.1, 0.15) is 6.42 Å². The summed E-state index contributed by atoms with van der Waals surface area (Å²) >= 11 is 0. The van der Waals surface area contributed by atoms with Crippen molar-refractivity contribution in [1.29, 1.82) is 5.41 Å². The summed E-state index contributed by atoms with van der Waals surface area (Å²) in [5.74, 6) is 0.158. The van der Waals surface area contributed by atoms with Crippen LogP contribution < -0.4 is 5.73 Å². The second kappa shape index (κ2) is 3.33. The molecule has 0 saturated heterocycles. The van der Waals surface area contributed by atoms with E-state index in [2.05, 4.69) is 4.99 Å². The molecule has 0 spiro atoms. The van der Waals surface area contributed by atoms with Crippen LogP contribution in [0.3, 0.4) is 0 Å². The molecule has 0 aromatic carbocycles. The molecule has 0 radical (unpaired) electrons. The molecule has 0 bridgehead atoms. The number of rotatable bonds is 2. The topological polar surface area (TPSA) is 62.2 Å². The first-order chi connectivity index (χ1) is 3.27. The molecule has 0 aliphatic carbocycles. The fraction of sp³-hybridized carbons (Fsp3) is 0.500. The summed E-state index contributed by atoms with van der Waals surface area (Å²) in [6.45, 7) is 0. The van der Waals surface area contributed by atoms with Crippen molar-refractivity contribution in [3.05, 3.63) is 0 Å². The third kappa shape index (κ3) is 5.14. The van der Waals surface area contributed by atoms with Crippen molar-refractivity contribution < 1.29 is 0 Å². The summed E-state index contributed by atoms with van der Waals surface area (Å²) in [6.07, 6.45) is 2.07. The van der Waals surface area contributed by atoms with E-state index in [9.17, 15) is 0 Å². The lowest BCUT2D eigenvalue weighted by Gasteiger charge is -1.82. The Morgan fingerprint density at radius 3 is 2.71 bits per heavy atom. The molecule has 40 valence electrons. The molecule has 3 N–H and O–H groups in total. The summed E-state index contributed by atoms with van der Waals surface area (Å²) in [7, 11) is 1.66. The van der Waals surface area contributed by atoms with Crippen LogP contribution in [-0.2, 0) is 0 Å². The van der Waals surface area contributed by atoms with Gasteiger partial charge in [0, 0.05) is 19.7 Å². The van der Waals surface area contributed by atoms with E-state index in [1.807, 2.05) is 0 Å². The number of hydrogen-bond donors (Lipinski definition) is 2. The minimum Gasteiger partial charge on any atom is -0.387 e. The zero-order valence-corrected chi connectivity index (χ0v) is 4.31. The van der Waals surface area contributed by atoms with E-state index < -0.39 is 0 Å². The molecular formula is C4H9N3. The molecule has 0 unspecified atom stereocenters. The van der Waals surface area contributed by atoms with E-state index in [1.165, 1.54) is 0 Å². The van der Waals surface area contributed by atoms with E-state index in [0.717, 1.165) is 0 Å². The fourth-order valence-electron chi connectivity index (χ4n) is 0.190. The van der Waals surface area contributed by atoms with Crippen molar-refractivity contribution in [2.75, 3.05) is 7.05 Å². The van der Waals surface area contributed by atoms with Crippen LogP contribution in [0.15, 0.2) is 4.99 Å². The highest BCUT2D eigenvalue weighted by Crippen LogP contribution is 1.66. The standard InChI is InChI=1S/C4H9N3/c1-7-3-2-4(5)6/h3H,2H2,1H3,(H3,5,6). The Labute approximate surface area is 42.8 Å². The van der Waals surface area contributed by atoms with Gasteiger partial charge in [0.1, 0.15) is 0 Å². The highest BCUT2D eigenvalue weighted by atomic mass is 14.7. The first kappa shape index (κ1) is 6.14. The molecule has 0 amide bonds. The van der Waals surface area contributed by atoms with Crippen molar-refractivity contribution in [3.63, 3.8) is 0 Å². The van der Waals surface area contributed by atoms with Crippen LogP contribution in [0.2, 0.25) is 0 Å². The lowest BCUT2D eigenvalue weighted by molar-refractivity contribution is 1.34. The number of hydrogen-bond acceptors (Lipinski definition) is 2. The molecule has 0 aliphatic rings. The number of amidine groups is 1. The zero-order valence-electron chi connectivity index (χ0n) is 4.31. The van der Waals surface area contributed by atoms with Crippen molar-refractivity contribution in [2.45, 2.75) is 6.42 Å². The summed E-state index contributed by atoms with van der Waals surface area (Å²) in [5, 5.41) is 6.68. The average molecular weight is 99.1 g/mol. The van der Waals surface area contributed by atoms with Gasteiger partial charge in [-0.15, -0.1) is 0 Å². The molecule has 7 heavy (non-hydrogen) atoms. The van der Waals surface area contributed by atoms with Crippen LogP contribution in [0.5, 0.6) is 0 Å². The third-order valence-electron chi connectivity index (χ3n) is 0.494. The van der Waals surface area contributed by atoms with Gasteiger partial charge < -0.3 is 10.7 Å². The van der Waals surface area contributed by atoms with Gasteiger partial charge in [0.15, 0.2) is 0 Å². The Morgan fingerprint density at radius 1 is 2.00 bits per heavy atom. The first-order valence-corrected chi connectivity index (χ1v) is 2.01. The van der Waals surface area contributed by atoms with Crippen molar-refractivity contribution in [1.82, 2.24) is 0 Å². The van der Waals surface area contributed by atoms with Gasteiger partial charge >= 0.3 is 0 Å². The molecule has 3 heteroatoms. The Kier molecular flexibility index (Phi) is 2.92. The fourth-order valence-corrected chi connectivity index (χ4v) is 0.190. The monoisotopic (exact) mass is 99.1 g/mol. The van der Waals surface area contributed by atoms with Crippen LogP contribution in [0.4, 0.5) is 0 Å². The molecule has 0 aromatic heterocycles. The van der Waals surface area contributed by atoms with E-state index in [-0.39, 0.29) is 5.84 Å². The zero-order chi connectivity index (χ0) is 5.70. The summed E-state index contributed by atoms with van der Waals surface area (Å²) in [4.78, 5) is 3.63. The van der Waals surface area contributed by atoms with Crippen molar-refractivity contribution in [3.8, 4) is 0 Å². The van der Waals surface area contributed by atoms with Crippen molar-refractivity contribution in [2.24, 2.45) is 10.7 Å². The second-order valence-corrected chi connectivity index (χ2v) is 1.17. The first-order valence-electron chi connectivity index (χ1n) is 2.01. The molecule has 0 rings (SSSR count). The predicted molar refractivity (Wildman–Crippen MR) is 30.9 cm³/mol. The highest BCUT2D eigenvalue weighted by molar-refractivity contribution is 5.90. The molecule has 0 aromatic rings. The number of nitrogens with zero attached hydrogens (tertiary/aromatic N) is 1. The summed E-state index contributed by atoms with van der Waals surface area (Å²) in [6, 6.07) is 0. The van der Waals surface area contributed by atoms with Gasteiger partial charge in [0.25, 0.3) is 0 Å². The van der Waals surface area contributed by atoms with Gasteiger partial charge in [-0.3, -0.25) is 5.41 Å². The molecule has 3 nitrogen and oxygen atoms in total. The number of nitrogens with one attached hydrogen (secondary N) is 1. The lowest BCUT2D eigenvalue weighted by atomic mass is 10.4. The molecule has 0 atom stereocenters. The van der Waals surface area contributed by atoms with Gasteiger partial charge in [-0.1, -0.05) is 0 Å². The largest absolute Gasteiger partial charge is 0.387 e. The quantitative estimate of drug-likeness (QED) is 0.372. The van der Waals surface area contributed by atoms with Crippen LogP contribution in [0, 0.1) is 5.41 Å². The van der Waals surface area contributed by atoms with Crippen LogP contribution in [0.25, 0.3) is 0 Å². The molecule has 0 fully saturated rings. The minimum atomic E-state index is 0.158. The van der Waals surface area contributed by atoms with E-state index in [0.29, 0.717) is 6.42 Å². The Morgan fingerprint density at radius 2 is 2.57 bits per heavy atom. The number of nitrogens with two attached hydrogens (primary N) is 1. The van der Waals surface area contributed by atoms with Gasteiger partial charge in [-0.2, -0.15) is 0 Å². The average Bonchev–Trinajstić information content (AvgIpc) is 1.61. The highest BCUT2D eigenvalue weighted by Gasteiger charge is 1.77. The molecule has 0 saturated carbocycles. The third-order valence-corrected chi connectivity index (χ3v) is 0.494. The van der Waals surface area contributed by atoms with Gasteiger partial charge in [0.2, 0.25) is 0 Å². The minimum absolute atomic E-state index is 0.158. The Balaban J connectivity index is 3.14. The number of aliphatic imine (C=N–C) groups is 1. The molecular weight excluding hydrogens is 90.1 g/mol. The van der Waals surface area contributed by atoms with E-state index >= 15 is 0 Å². The summed E-state index contributed by atoms with van der Waals surface area (Å²) in [5.41, 5.74) is 4.97. The van der Waals surface area contributed by atoms with Crippen LogP contribution >= 0.6 is 0 Å². The summed E-state index contributed by atoms with van der Waals surface area (Å²) < 4.78 is 0. The Bertz CT molecular complexity index is 84.9. The SMILES string of the molecule is CN=CCC(=N)N. The second-order valence-electron chi connectivity index (χ2n) is 1.17. The molecule has 0 heterocycles. The van der Waals surface area contributed by atoms with Gasteiger partial charge in [0.05, 0.1) is 5.84 Å².